The van der Waals surface area contributed by atoms with Crippen LogP contribution in [-0.2, 0) is 9.59 Å². The Kier molecular flexibility index (Phi) is 6.84. The Bertz CT molecular complexity index is 938. The molecular formula is C23H27N3O4. The topological polar surface area (TPSA) is 83.0 Å². The normalized spacial score (nSPS) is 18.3. The van der Waals surface area contributed by atoms with Crippen molar-refractivity contribution in [1.82, 2.24) is 14.8 Å². The first-order chi connectivity index (χ1) is 14.5. The van der Waals surface area contributed by atoms with E-state index in [2.05, 4.69) is 23.7 Å². The first kappa shape index (κ1) is 21.5. The summed E-state index contributed by atoms with van der Waals surface area (Å²) in [6.45, 7) is 6.79. The third-order valence-electron chi connectivity index (χ3n) is 5.40. The summed E-state index contributed by atoms with van der Waals surface area (Å²) in [4.78, 5) is 33.9. The number of likely N-dealkylation sites (N-methyl/N-ethyl adjacent to an activating group) is 1. The Hall–Kier alpha value is -3.19. The van der Waals surface area contributed by atoms with E-state index in [-0.39, 0.29) is 11.3 Å². The number of hydrogen-bond acceptors (Lipinski definition) is 6. The summed E-state index contributed by atoms with van der Waals surface area (Å²) in [7, 11) is 1.53. The number of nitrogens with zero attached hydrogens (tertiary/aromatic N) is 3. The van der Waals surface area contributed by atoms with Crippen LogP contribution in [0, 0.1) is 0 Å². The summed E-state index contributed by atoms with van der Waals surface area (Å²) in [5, 5.41) is 11.0. The molecule has 0 unspecified atom stereocenters. The van der Waals surface area contributed by atoms with Crippen LogP contribution in [0.15, 0.2) is 54.2 Å². The van der Waals surface area contributed by atoms with Crippen molar-refractivity contribution in [2.24, 2.45) is 0 Å². The van der Waals surface area contributed by atoms with E-state index in [0.29, 0.717) is 30.1 Å². The number of ketones is 1. The zero-order valence-electron chi connectivity index (χ0n) is 17.5. The van der Waals surface area contributed by atoms with Crippen molar-refractivity contribution >= 4 is 17.4 Å². The fourth-order valence-corrected chi connectivity index (χ4v) is 3.67. The fraction of sp³-hybridized carbons (Fsp3) is 0.348. The molecule has 1 aliphatic rings. The Labute approximate surface area is 176 Å². The van der Waals surface area contributed by atoms with Crippen molar-refractivity contribution in [3.05, 3.63) is 65.5 Å². The molecular weight excluding hydrogens is 382 g/mol. The number of benzene rings is 1. The maximum atomic E-state index is 13.0. The summed E-state index contributed by atoms with van der Waals surface area (Å²) in [6.07, 6.45) is 1.62. The minimum absolute atomic E-state index is 0.0477. The predicted octanol–water partition coefficient (Wildman–Crippen LogP) is 2.85. The maximum Gasteiger partial charge on any atom is 0.295 e. The third-order valence-corrected chi connectivity index (χ3v) is 5.40. The molecule has 2 aromatic rings. The Morgan fingerprint density at radius 2 is 1.93 bits per heavy atom. The molecule has 7 heteroatoms. The molecule has 158 valence electrons. The lowest BCUT2D eigenvalue weighted by atomic mass is 9.98. The number of methoxy groups -OCH3 is 1. The van der Waals surface area contributed by atoms with Gasteiger partial charge in [-0.1, -0.05) is 32.0 Å². The first-order valence-corrected chi connectivity index (χ1v) is 10.1. The lowest BCUT2D eigenvalue weighted by Crippen LogP contribution is -2.38. The van der Waals surface area contributed by atoms with Crippen LogP contribution in [0.2, 0.25) is 0 Å². The van der Waals surface area contributed by atoms with Gasteiger partial charge < -0.3 is 19.6 Å². The molecule has 1 amide bonds. The van der Waals surface area contributed by atoms with Crippen LogP contribution in [0.5, 0.6) is 5.75 Å². The zero-order valence-corrected chi connectivity index (χ0v) is 17.5. The monoisotopic (exact) mass is 409 g/mol. The van der Waals surface area contributed by atoms with Crippen molar-refractivity contribution in [3.8, 4) is 5.75 Å². The van der Waals surface area contributed by atoms with Gasteiger partial charge in [-0.25, -0.2) is 0 Å². The molecule has 3 rings (SSSR count). The van der Waals surface area contributed by atoms with Crippen molar-refractivity contribution in [2.75, 3.05) is 33.3 Å². The highest BCUT2D eigenvalue weighted by Crippen LogP contribution is 2.38. The van der Waals surface area contributed by atoms with Gasteiger partial charge in [-0.3, -0.25) is 14.6 Å². The summed E-state index contributed by atoms with van der Waals surface area (Å²) < 4.78 is 5.22. The van der Waals surface area contributed by atoms with Gasteiger partial charge in [-0.05, 0) is 37.4 Å². The number of amides is 1. The van der Waals surface area contributed by atoms with Crippen molar-refractivity contribution in [1.29, 1.82) is 0 Å². The van der Waals surface area contributed by atoms with Gasteiger partial charge in [0.15, 0.2) is 0 Å². The van der Waals surface area contributed by atoms with Gasteiger partial charge in [0.1, 0.15) is 17.6 Å². The third kappa shape index (κ3) is 4.21. The summed E-state index contributed by atoms with van der Waals surface area (Å²) in [5.41, 5.74) is 1.00. The fourth-order valence-electron chi connectivity index (χ4n) is 3.67. The number of rotatable bonds is 8. The van der Waals surface area contributed by atoms with Gasteiger partial charge in [-0.15, -0.1) is 0 Å². The van der Waals surface area contributed by atoms with E-state index >= 15 is 0 Å². The van der Waals surface area contributed by atoms with Gasteiger partial charge in [0.05, 0.1) is 18.4 Å². The number of ether oxygens (including phenoxy) is 1. The maximum absolute atomic E-state index is 13.0. The molecule has 1 aromatic heterocycles. The molecule has 1 N–H and O–H groups in total. The largest absolute Gasteiger partial charge is 0.507 e. The molecule has 0 saturated carbocycles. The van der Waals surface area contributed by atoms with E-state index in [9.17, 15) is 14.7 Å². The average Bonchev–Trinajstić information content (AvgIpc) is 3.04. The Morgan fingerprint density at radius 3 is 2.57 bits per heavy atom. The second kappa shape index (κ2) is 9.54. The molecule has 0 aliphatic carbocycles. The van der Waals surface area contributed by atoms with Crippen LogP contribution in [0.3, 0.4) is 0 Å². The molecule has 1 fully saturated rings. The average molecular weight is 409 g/mol. The van der Waals surface area contributed by atoms with E-state index in [1.54, 1.807) is 48.7 Å². The van der Waals surface area contributed by atoms with Crippen LogP contribution in [-0.4, -0.2) is 64.9 Å². The van der Waals surface area contributed by atoms with Crippen LogP contribution < -0.4 is 4.74 Å². The number of likely N-dealkylation sites (tertiary alicyclic amines) is 1. The highest BCUT2D eigenvalue weighted by molar-refractivity contribution is 6.46. The van der Waals surface area contributed by atoms with Crippen LogP contribution in [0.25, 0.3) is 5.76 Å². The van der Waals surface area contributed by atoms with Crippen LogP contribution >= 0.6 is 0 Å². The zero-order chi connectivity index (χ0) is 21.7. The number of aliphatic hydroxyl groups excluding tert-OH is 1. The number of aromatic nitrogens is 1. The molecule has 0 bridgehead atoms. The highest BCUT2D eigenvalue weighted by atomic mass is 16.5. The molecule has 1 saturated heterocycles. The summed E-state index contributed by atoms with van der Waals surface area (Å²) >= 11 is 0. The molecule has 1 aliphatic heterocycles. The number of hydrogen-bond donors (Lipinski definition) is 1. The van der Waals surface area contributed by atoms with Gasteiger partial charge in [0.25, 0.3) is 11.7 Å². The Balaban J connectivity index is 2.08. The minimum atomic E-state index is -0.743. The van der Waals surface area contributed by atoms with Crippen molar-refractivity contribution < 1.29 is 19.4 Å². The van der Waals surface area contributed by atoms with E-state index in [0.717, 1.165) is 13.1 Å². The number of pyridine rings is 1. The second-order valence-electron chi connectivity index (χ2n) is 7.01. The summed E-state index contributed by atoms with van der Waals surface area (Å²) in [5.74, 6) is -1.01. The lowest BCUT2D eigenvalue weighted by Gasteiger charge is -2.27. The van der Waals surface area contributed by atoms with Crippen LogP contribution in [0.1, 0.15) is 31.1 Å². The predicted molar refractivity (Wildman–Crippen MR) is 114 cm³/mol. The molecule has 0 spiro atoms. The Morgan fingerprint density at radius 1 is 1.17 bits per heavy atom. The van der Waals surface area contributed by atoms with E-state index < -0.39 is 17.7 Å². The lowest BCUT2D eigenvalue weighted by molar-refractivity contribution is -0.140. The van der Waals surface area contributed by atoms with Gasteiger partial charge >= 0.3 is 0 Å². The number of carbonyl (C=O) groups excluding carboxylic acids is 2. The number of aliphatic hydroxyl groups is 1. The molecule has 30 heavy (non-hydrogen) atoms. The molecule has 2 heterocycles. The molecule has 1 aromatic carbocycles. The quantitative estimate of drug-likeness (QED) is 0.410. The van der Waals surface area contributed by atoms with Crippen LogP contribution in [0.4, 0.5) is 0 Å². The smallest absolute Gasteiger partial charge is 0.295 e. The van der Waals surface area contributed by atoms with E-state index in [4.69, 9.17) is 4.74 Å². The standard InChI is InChI=1S/C23H27N3O4/c1-4-25(5-2)13-14-26-20(18-11-6-7-12-24-18)19(22(28)23(26)29)21(27)16-9-8-10-17(15-16)30-3/h6-12,15,20,27H,4-5,13-14H2,1-3H3/b21-19-/t20-/m1/s1. The molecule has 1 atom stereocenters. The van der Waals surface area contributed by atoms with E-state index in [1.165, 1.54) is 12.0 Å². The molecule has 0 radical (unpaired) electrons. The van der Waals surface area contributed by atoms with Gasteiger partial charge in [0, 0.05) is 24.8 Å². The second-order valence-corrected chi connectivity index (χ2v) is 7.01. The minimum Gasteiger partial charge on any atom is -0.507 e. The van der Waals surface area contributed by atoms with Gasteiger partial charge in [0.2, 0.25) is 0 Å². The first-order valence-electron chi connectivity index (χ1n) is 10.1. The molecule has 7 nitrogen and oxygen atoms in total. The van der Waals surface area contributed by atoms with Crippen molar-refractivity contribution in [3.63, 3.8) is 0 Å². The van der Waals surface area contributed by atoms with Crippen molar-refractivity contribution in [2.45, 2.75) is 19.9 Å². The SMILES string of the molecule is CCN(CC)CCN1C(=O)C(=O)/C(=C(\O)c2cccc(OC)c2)[C@H]1c1ccccn1. The number of Topliss-reactive ketones (excluding diaryl/α,β-unsaturated/α-hetero) is 1. The summed E-state index contributed by atoms with van der Waals surface area (Å²) in [6, 6.07) is 11.4. The van der Waals surface area contributed by atoms with Gasteiger partial charge in [-0.2, -0.15) is 0 Å². The van der Waals surface area contributed by atoms with E-state index in [1.807, 2.05) is 0 Å². The number of carbonyl (C=O) groups is 2. The highest BCUT2D eigenvalue weighted by Gasteiger charge is 2.46.